The number of anilines is 1. The molecule has 0 saturated carbocycles. The average Bonchev–Trinajstić information content (AvgIpc) is 3.17. The van der Waals surface area contributed by atoms with Gasteiger partial charge in [-0.1, -0.05) is 24.3 Å². The zero-order chi connectivity index (χ0) is 24.6. The number of carbonyl (C=O) groups excluding carboxylic acids is 1. The van der Waals surface area contributed by atoms with Gasteiger partial charge in [0.25, 0.3) is 0 Å². The van der Waals surface area contributed by atoms with E-state index >= 15 is 0 Å². The van der Waals surface area contributed by atoms with E-state index in [4.69, 9.17) is 0 Å². The summed E-state index contributed by atoms with van der Waals surface area (Å²) in [7, 11) is -3.76. The maximum absolute atomic E-state index is 13.5. The first-order valence-electron chi connectivity index (χ1n) is 11.7. The summed E-state index contributed by atoms with van der Waals surface area (Å²) < 4.78 is 42.7. The molecule has 0 spiro atoms. The average molecular weight is 495 g/mol. The summed E-state index contributed by atoms with van der Waals surface area (Å²) in [6.07, 6.45) is 0. The van der Waals surface area contributed by atoms with Crippen molar-refractivity contribution in [2.45, 2.75) is 18.4 Å². The van der Waals surface area contributed by atoms with E-state index < -0.39 is 15.8 Å². The lowest BCUT2D eigenvalue weighted by Gasteiger charge is -2.33. The standard InChI is InChI=1S/C26H27FN4O3S/c1-2-31-24-9-4-3-8-22(24)23-17-20(10-11-25(23)31)28-26(32)18-29-12-14-30(15-13-29)35(33,34)21-7-5-6-19(27)16-21/h3-11,16-17H,2,12-15,18H2,1H3,(H,28,32). The number of hydrogen-bond acceptors (Lipinski definition) is 4. The Morgan fingerprint density at radius 3 is 2.40 bits per heavy atom. The van der Waals surface area contributed by atoms with Crippen molar-refractivity contribution in [1.29, 1.82) is 0 Å². The Hall–Kier alpha value is -3.27. The molecule has 4 aromatic rings. The van der Waals surface area contributed by atoms with Crippen molar-refractivity contribution < 1.29 is 17.6 Å². The van der Waals surface area contributed by atoms with Gasteiger partial charge in [0.1, 0.15) is 5.82 Å². The quantitative estimate of drug-likeness (QED) is 0.441. The minimum absolute atomic E-state index is 0.0523. The highest BCUT2D eigenvalue weighted by Gasteiger charge is 2.29. The van der Waals surface area contributed by atoms with Crippen LogP contribution in [0.15, 0.2) is 71.6 Å². The van der Waals surface area contributed by atoms with Crippen molar-refractivity contribution in [2.24, 2.45) is 0 Å². The highest BCUT2D eigenvalue weighted by atomic mass is 32.2. The molecule has 1 aliphatic rings. The van der Waals surface area contributed by atoms with E-state index in [1.54, 1.807) is 0 Å². The summed E-state index contributed by atoms with van der Waals surface area (Å²) in [6, 6.07) is 19.2. The normalized spacial score (nSPS) is 15.6. The first-order chi connectivity index (χ1) is 16.9. The molecule has 182 valence electrons. The van der Waals surface area contributed by atoms with Crippen molar-refractivity contribution >= 4 is 43.4 Å². The van der Waals surface area contributed by atoms with Gasteiger partial charge in [-0.15, -0.1) is 0 Å². The first kappa shape index (κ1) is 23.5. The number of halogens is 1. The molecule has 0 unspecified atom stereocenters. The Balaban J connectivity index is 1.23. The maximum Gasteiger partial charge on any atom is 0.243 e. The van der Waals surface area contributed by atoms with Crippen LogP contribution in [-0.4, -0.2) is 60.8 Å². The van der Waals surface area contributed by atoms with Gasteiger partial charge in [-0.05, 0) is 49.4 Å². The van der Waals surface area contributed by atoms with Gasteiger partial charge in [-0.3, -0.25) is 9.69 Å². The van der Waals surface area contributed by atoms with Crippen LogP contribution >= 0.6 is 0 Å². The van der Waals surface area contributed by atoms with Gasteiger partial charge < -0.3 is 9.88 Å². The van der Waals surface area contributed by atoms with E-state index in [1.807, 2.05) is 35.2 Å². The van der Waals surface area contributed by atoms with Crippen LogP contribution in [0, 0.1) is 5.82 Å². The Labute approximate surface area is 203 Å². The number of sulfonamides is 1. The lowest BCUT2D eigenvalue weighted by atomic mass is 10.1. The Morgan fingerprint density at radius 2 is 1.66 bits per heavy atom. The molecule has 0 aliphatic carbocycles. The van der Waals surface area contributed by atoms with Crippen LogP contribution < -0.4 is 5.32 Å². The van der Waals surface area contributed by atoms with Gasteiger partial charge in [-0.2, -0.15) is 4.31 Å². The van der Waals surface area contributed by atoms with Crippen LogP contribution in [0.1, 0.15) is 6.92 Å². The van der Waals surface area contributed by atoms with Gasteiger partial charge in [0.2, 0.25) is 15.9 Å². The molecule has 2 heterocycles. The number of fused-ring (bicyclic) bond motifs is 3. The molecule has 9 heteroatoms. The number of nitrogens with one attached hydrogen (secondary N) is 1. The molecule has 1 N–H and O–H groups in total. The van der Waals surface area contributed by atoms with Crippen LogP contribution in [-0.2, 0) is 21.4 Å². The molecule has 1 fully saturated rings. The van der Waals surface area contributed by atoms with Gasteiger partial charge >= 0.3 is 0 Å². The smallest absolute Gasteiger partial charge is 0.243 e. The van der Waals surface area contributed by atoms with Crippen LogP contribution in [0.25, 0.3) is 21.8 Å². The van der Waals surface area contributed by atoms with Crippen molar-refractivity contribution in [2.75, 3.05) is 38.0 Å². The molecule has 1 saturated heterocycles. The largest absolute Gasteiger partial charge is 0.341 e. The summed E-state index contributed by atoms with van der Waals surface area (Å²) in [5.41, 5.74) is 3.02. The van der Waals surface area contributed by atoms with Gasteiger partial charge in [-0.25, -0.2) is 12.8 Å². The highest BCUT2D eigenvalue weighted by molar-refractivity contribution is 7.89. The van der Waals surface area contributed by atoms with E-state index in [9.17, 15) is 17.6 Å². The van der Waals surface area contributed by atoms with E-state index in [0.717, 1.165) is 34.6 Å². The first-order valence-corrected chi connectivity index (χ1v) is 13.1. The van der Waals surface area contributed by atoms with Crippen molar-refractivity contribution in [3.8, 4) is 0 Å². The number of nitrogens with zero attached hydrogens (tertiary/aromatic N) is 3. The van der Waals surface area contributed by atoms with Gasteiger partial charge in [0.05, 0.1) is 11.4 Å². The zero-order valence-electron chi connectivity index (χ0n) is 19.4. The summed E-state index contributed by atoms with van der Waals surface area (Å²) >= 11 is 0. The lowest BCUT2D eigenvalue weighted by Crippen LogP contribution is -2.50. The van der Waals surface area contributed by atoms with Gasteiger partial charge in [0.15, 0.2) is 0 Å². The number of amides is 1. The molecule has 35 heavy (non-hydrogen) atoms. The number of carbonyl (C=O) groups is 1. The molecule has 3 aromatic carbocycles. The fourth-order valence-electron chi connectivity index (χ4n) is 4.78. The second-order valence-corrected chi connectivity index (χ2v) is 10.6. The summed E-state index contributed by atoms with van der Waals surface area (Å²) in [5.74, 6) is -0.733. The van der Waals surface area contributed by atoms with Crippen molar-refractivity contribution in [3.63, 3.8) is 0 Å². The number of aromatic nitrogens is 1. The molecule has 7 nitrogen and oxygen atoms in total. The number of piperazine rings is 1. The van der Waals surface area contributed by atoms with Crippen LogP contribution in [0.5, 0.6) is 0 Å². The topological polar surface area (TPSA) is 74.7 Å². The van der Waals surface area contributed by atoms with Crippen molar-refractivity contribution in [1.82, 2.24) is 13.8 Å². The number of aryl methyl sites for hydroxylation is 1. The molecule has 0 atom stereocenters. The molecular formula is C26H27FN4O3S. The third-order valence-electron chi connectivity index (χ3n) is 6.50. The molecule has 1 amide bonds. The Bertz CT molecular complexity index is 1510. The van der Waals surface area contributed by atoms with E-state index in [2.05, 4.69) is 28.9 Å². The van der Waals surface area contributed by atoms with Crippen molar-refractivity contribution in [3.05, 3.63) is 72.5 Å². The predicted octanol–water partition coefficient (Wildman–Crippen LogP) is 3.90. The second kappa shape index (κ2) is 9.41. The Kier molecular flexibility index (Phi) is 6.31. The molecule has 0 radical (unpaired) electrons. The van der Waals surface area contributed by atoms with Crippen LogP contribution in [0.4, 0.5) is 10.1 Å². The third kappa shape index (κ3) is 4.54. The van der Waals surface area contributed by atoms with E-state index in [0.29, 0.717) is 13.1 Å². The molecular weight excluding hydrogens is 467 g/mol. The SMILES string of the molecule is CCn1c2ccccc2c2cc(NC(=O)CN3CCN(S(=O)(=O)c4cccc(F)c4)CC3)ccc21. The number of para-hydroxylation sites is 1. The predicted molar refractivity (Wildman–Crippen MR) is 135 cm³/mol. The third-order valence-corrected chi connectivity index (χ3v) is 8.40. The fraction of sp³-hybridized carbons (Fsp3) is 0.269. The zero-order valence-corrected chi connectivity index (χ0v) is 20.3. The number of rotatable bonds is 6. The van der Waals surface area contributed by atoms with E-state index in [1.165, 1.54) is 28.0 Å². The maximum atomic E-state index is 13.5. The van der Waals surface area contributed by atoms with Crippen LogP contribution in [0.2, 0.25) is 0 Å². The molecule has 1 aromatic heterocycles. The molecule has 1 aliphatic heterocycles. The number of benzene rings is 3. The summed E-state index contributed by atoms with van der Waals surface area (Å²) in [4.78, 5) is 14.6. The minimum atomic E-state index is -3.76. The summed E-state index contributed by atoms with van der Waals surface area (Å²) in [5, 5.41) is 5.23. The molecule has 5 rings (SSSR count). The monoisotopic (exact) mass is 494 g/mol. The Morgan fingerprint density at radius 1 is 0.914 bits per heavy atom. The minimum Gasteiger partial charge on any atom is -0.341 e. The second-order valence-electron chi connectivity index (χ2n) is 8.68. The number of hydrogen-bond donors (Lipinski definition) is 1. The lowest BCUT2D eigenvalue weighted by molar-refractivity contribution is -0.117. The van der Waals surface area contributed by atoms with Gasteiger partial charge in [0, 0.05) is 60.2 Å². The summed E-state index contributed by atoms with van der Waals surface area (Å²) in [6.45, 7) is 4.48. The van der Waals surface area contributed by atoms with E-state index in [-0.39, 0.29) is 30.4 Å². The fourth-order valence-corrected chi connectivity index (χ4v) is 6.23. The molecule has 0 bridgehead atoms. The highest BCUT2D eigenvalue weighted by Crippen LogP contribution is 2.31. The van der Waals surface area contributed by atoms with Crippen LogP contribution in [0.3, 0.4) is 0 Å².